The van der Waals surface area contributed by atoms with Crippen molar-refractivity contribution in [3.8, 4) is 11.3 Å². The van der Waals surface area contributed by atoms with Crippen LogP contribution in [-0.2, 0) is 4.74 Å². The van der Waals surface area contributed by atoms with Crippen molar-refractivity contribution in [2.24, 2.45) is 0 Å². The van der Waals surface area contributed by atoms with E-state index in [1.54, 1.807) is 18.2 Å². The molecule has 0 aliphatic heterocycles. The number of ketones is 1. The van der Waals surface area contributed by atoms with Gasteiger partial charge in [0.05, 0.1) is 11.3 Å². The fourth-order valence-electron chi connectivity index (χ4n) is 3.01. The van der Waals surface area contributed by atoms with Gasteiger partial charge in [0.15, 0.2) is 6.61 Å². The Hall–Kier alpha value is -3.73. The summed E-state index contributed by atoms with van der Waals surface area (Å²) < 4.78 is 5.19. The first-order chi connectivity index (χ1) is 13.2. The number of para-hydroxylation sites is 1. The Morgan fingerprint density at radius 3 is 2.41 bits per heavy atom. The molecule has 0 radical (unpaired) electrons. The zero-order chi connectivity index (χ0) is 18.6. The highest BCUT2D eigenvalue weighted by molar-refractivity contribution is 6.14. The molecule has 5 heteroatoms. The predicted octanol–water partition coefficient (Wildman–Crippen LogP) is 4.27. The molecular weight excluding hydrogens is 340 g/mol. The van der Waals surface area contributed by atoms with Crippen LogP contribution in [0.1, 0.15) is 20.8 Å². The Balaban J connectivity index is 1.66. The average molecular weight is 356 g/mol. The van der Waals surface area contributed by atoms with E-state index in [0.717, 1.165) is 22.2 Å². The Kier molecular flexibility index (Phi) is 4.49. The number of nitrogens with zero attached hydrogens (tertiary/aromatic N) is 1. The van der Waals surface area contributed by atoms with Gasteiger partial charge in [-0.2, -0.15) is 0 Å². The number of ether oxygens (including phenoxy) is 1. The SMILES string of the molecule is O=C(OCC(=O)c1c(-c2ccccc2)[nH]c2ccccc12)c1ccccn1. The van der Waals surface area contributed by atoms with Gasteiger partial charge in [0.25, 0.3) is 0 Å². The molecule has 2 aromatic carbocycles. The third kappa shape index (κ3) is 3.35. The number of rotatable bonds is 5. The molecule has 0 atom stereocenters. The number of aromatic amines is 1. The fraction of sp³-hybridized carbons (Fsp3) is 0.0455. The molecule has 0 spiro atoms. The molecule has 4 aromatic rings. The molecule has 0 aliphatic carbocycles. The maximum absolute atomic E-state index is 12.9. The average Bonchev–Trinajstić information content (AvgIpc) is 3.13. The quantitative estimate of drug-likeness (QED) is 0.428. The highest BCUT2D eigenvalue weighted by Gasteiger charge is 2.21. The van der Waals surface area contributed by atoms with E-state index in [9.17, 15) is 9.59 Å². The summed E-state index contributed by atoms with van der Waals surface area (Å²) in [6.07, 6.45) is 1.51. The fourth-order valence-corrected chi connectivity index (χ4v) is 3.01. The van der Waals surface area contributed by atoms with E-state index in [0.29, 0.717) is 5.56 Å². The van der Waals surface area contributed by atoms with Crippen molar-refractivity contribution in [1.82, 2.24) is 9.97 Å². The number of hydrogen-bond donors (Lipinski definition) is 1. The number of fused-ring (bicyclic) bond motifs is 1. The minimum Gasteiger partial charge on any atom is -0.453 e. The molecule has 4 rings (SSSR count). The van der Waals surface area contributed by atoms with Crippen molar-refractivity contribution < 1.29 is 14.3 Å². The van der Waals surface area contributed by atoms with Gasteiger partial charge in [-0.15, -0.1) is 0 Å². The first-order valence-electron chi connectivity index (χ1n) is 8.51. The molecule has 0 saturated heterocycles. The summed E-state index contributed by atoms with van der Waals surface area (Å²) in [5, 5.41) is 0.801. The largest absolute Gasteiger partial charge is 0.453 e. The van der Waals surface area contributed by atoms with E-state index in [1.807, 2.05) is 54.6 Å². The number of hydrogen-bond acceptors (Lipinski definition) is 4. The van der Waals surface area contributed by atoms with Gasteiger partial charge in [0, 0.05) is 17.1 Å². The van der Waals surface area contributed by atoms with Crippen LogP contribution < -0.4 is 0 Å². The number of esters is 1. The summed E-state index contributed by atoms with van der Waals surface area (Å²) in [6, 6.07) is 22.1. The molecule has 27 heavy (non-hydrogen) atoms. The Bertz CT molecular complexity index is 1100. The smallest absolute Gasteiger partial charge is 0.357 e. The van der Waals surface area contributed by atoms with Crippen LogP contribution >= 0.6 is 0 Å². The third-order valence-electron chi connectivity index (χ3n) is 4.26. The topological polar surface area (TPSA) is 72.1 Å². The number of benzene rings is 2. The molecule has 0 aliphatic rings. The highest BCUT2D eigenvalue weighted by atomic mass is 16.5. The van der Waals surface area contributed by atoms with Gasteiger partial charge in [-0.25, -0.2) is 9.78 Å². The van der Waals surface area contributed by atoms with E-state index in [4.69, 9.17) is 4.74 Å². The number of carbonyl (C=O) groups excluding carboxylic acids is 2. The molecule has 5 nitrogen and oxygen atoms in total. The number of pyridine rings is 1. The van der Waals surface area contributed by atoms with Gasteiger partial charge in [-0.3, -0.25) is 4.79 Å². The monoisotopic (exact) mass is 356 g/mol. The molecule has 0 saturated carbocycles. The molecule has 2 heterocycles. The van der Waals surface area contributed by atoms with E-state index in [2.05, 4.69) is 9.97 Å². The number of H-pyrrole nitrogens is 1. The van der Waals surface area contributed by atoms with Gasteiger partial charge in [0.2, 0.25) is 5.78 Å². The Labute approximate surface area is 155 Å². The predicted molar refractivity (Wildman–Crippen MR) is 103 cm³/mol. The van der Waals surface area contributed by atoms with Gasteiger partial charge in [0.1, 0.15) is 5.69 Å². The maximum atomic E-state index is 12.9. The lowest BCUT2D eigenvalue weighted by molar-refractivity contribution is 0.0469. The number of nitrogens with one attached hydrogen (secondary N) is 1. The highest BCUT2D eigenvalue weighted by Crippen LogP contribution is 2.30. The normalized spacial score (nSPS) is 10.7. The molecule has 2 aromatic heterocycles. The zero-order valence-electron chi connectivity index (χ0n) is 14.4. The maximum Gasteiger partial charge on any atom is 0.357 e. The van der Waals surface area contributed by atoms with E-state index in [-0.39, 0.29) is 18.1 Å². The lowest BCUT2D eigenvalue weighted by atomic mass is 10.0. The van der Waals surface area contributed by atoms with Crippen LogP contribution in [0.4, 0.5) is 0 Å². The molecule has 0 bridgehead atoms. The summed E-state index contributed by atoms with van der Waals surface area (Å²) in [7, 11) is 0. The molecule has 0 unspecified atom stereocenters. The van der Waals surface area contributed by atoms with Crippen molar-refractivity contribution in [3.63, 3.8) is 0 Å². The van der Waals surface area contributed by atoms with Gasteiger partial charge in [-0.1, -0.05) is 54.6 Å². The minimum absolute atomic E-state index is 0.174. The second-order valence-corrected chi connectivity index (χ2v) is 6.00. The number of Topliss-reactive ketones (excluding diaryl/α,β-unsaturated/α-hetero) is 1. The Morgan fingerprint density at radius 2 is 1.63 bits per heavy atom. The van der Waals surface area contributed by atoms with Crippen molar-refractivity contribution in [2.75, 3.05) is 6.61 Å². The van der Waals surface area contributed by atoms with Crippen LogP contribution in [0.2, 0.25) is 0 Å². The Morgan fingerprint density at radius 1 is 0.889 bits per heavy atom. The van der Waals surface area contributed by atoms with E-state index >= 15 is 0 Å². The summed E-state index contributed by atoms with van der Waals surface area (Å²) in [5.74, 6) is -0.888. The second kappa shape index (κ2) is 7.25. The molecular formula is C22H16N2O3. The van der Waals surface area contributed by atoms with E-state index < -0.39 is 5.97 Å². The number of aromatic nitrogens is 2. The van der Waals surface area contributed by atoms with Crippen LogP contribution in [0, 0.1) is 0 Å². The van der Waals surface area contributed by atoms with Crippen molar-refractivity contribution in [1.29, 1.82) is 0 Å². The second-order valence-electron chi connectivity index (χ2n) is 6.00. The van der Waals surface area contributed by atoms with Gasteiger partial charge in [-0.05, 0) is 23.8 Å². The van der Waals surface area contributed by atoms with Crippen molar-refractivity contribution in [2.45, 2.75) is 0 Å². The minimum atomic E-state index is -0.620. The van der Waals surface area contributed by atoms with Gasteiger partial charge < -0.3 is 9.72 Å². The summed E-state index contributed by atoms with van der Waals surface area (Å²) in [5.41, 5.74) is 3.16. The molecule has 1 N–H and O–H groups in total. The lowest BCUT2D eigenvalue weighted by Gasteiger charge is -2.06. The first-order valence-corrected chi connectivity index (χ1v) is 8.51. The summed E-state index contributed by atoms with van der Waals surface area (Å²) in [4.78, 5) is 32.3. The van der Waals surface area contributed by atoms with Crippen LogP contribution in [0.3, 0.4) is 0 Å². The number of carbonyl (C=O) groups is 2. The summed E-state index contributed by atoms with van der Waals surface area (Å²) >= 11 is 0. The third-order valence-corrected chi connectivity index (χ3v) is 4.26. The van der Waals surface area contributed by atoms with Crippen molar-refractivity contribution in [3.05, 3.63) is 90.3 Å². The molecule has 0 amide bonds. The lowest BCUT2D eigenvalue weighted by Crippen LogP contribution is -2.15. The molecule has 0 fully saturated rings. The standard InChI is InChI=1S/C22H16N2O3/c25-19(14-27-22(26)18-12-6-7-13-23-18)20-16-10-4-5-11-17(16)24-21(20)15-8-2-1-3-9-15/h1-13,24H,14H2. The zero-order valence-corrected chi connectivity index (χ0v) is 14.4. The van der Waals surface area contributed by atoms with Crippen molar-refractivity contribution >= 4 is 22.7 Å². The summed E-state index contributed by atoms with van der Waals surface area (Å²) in [6.45, 7) is -0.350. The van der Waals surface area contributed by atoms with Crippen LogP contribution in [0.25, 0.3) is 22.2 Å². The molecule has 132 valence electrons. The van der Waals surface area contributed by atoms with Crippen LogP contribution in [0.15, 0.2) is 79.0 Å². The van der Waals surface area contributed by atoms with Crippen LogP contribution in [0.5, 0.6) is 0 Å². The first kappa shape index (κ1) is 16.7. The van der Waals surface area contributed by atoms with Gasteiger partial charge >= 0.3 is 5.97 Å². The van der Waals surface area contributed by atoms with Crippen LogP contribution in [-0.4, -0.2) is 28.3 Å². The van der Waals surface area contributed by atoms with E-state index in [1.165, 1.54) is 6.20 Å².